The van der Waals surface area contributed by atoms with Crippen LogP contribution >= 0.6 is 11.3 Å². The van der Waals surface area contributed by atoms with Crippen LogP contribution in [0.1, 0.15) is 29.8 Å². The molecule has 1 aromatic rings. The van der Waals surface area contributed by atoms with E-state index in [1.165, 1.54) is 0 Å². The van der Waals surface area contributed by atoms with Crippen LogP contribution in [-0.2, 0) is 9.84 Å². The van der Waals surface area contributed by atoms with E-state index in [-0.39, 0.29) is 10.6 Å². The van der Waals surface area contributed by atoms with Gasteiger partial charge in [-0.15, -0.1) is 11.3 Å². The monoisotopic (exact) mass is 293 g/mol. The molecule has 102 valence electrons. The summed E-state index contributed by atoms with van der Waals surface area (Å²) < 4.78 is 24.0. The van der Waals surface area contributed by atoms with Gasteiger partial charge in [0.2, 0.25) is 15.7 Å². The van der Waals surface area contributed by atoms with E-state index in [1.54, 1.807) is 13.0 Å². The highest BCUT2D eigenvalue weighted by Gasteiger charge is 2.41. The van der Waals surface area contributed by atoms with Crippen molar-refractivity contribution < 1.29 is 23.7 Å². The molecule has 1 aromatic heterocycles. The van der Waals surface area contributed by atoms with Crippen molar-refractivity contribution in [3.63, 3.8) is 0 Å². The molecular weight excluding hydrogens is 278 g/mol. The van der Waals surface area contributed by atoms with Gasteiger partial charge < -0.3 is 15.3 Å². The molecule has 2 atom stereocenters. The fourth-order valence-corrected chi connectivity index (χ4v) is 5.24. The number of thiophene rings is 1. The maximum Gasteiger partial charge on any atom is 0.219 e. The Balaban J connectivity index is 2.48. The molecule has 18 heavy (non-hydrogen) atoms. The summed E-state index contributed by atoms with van der Waals surface area (Å²) in [7, 11) is -3.72. The summed E-state index contributed by atoms with van der Waals surface area (Å²) in [4.78, 5) is 0.794. The Bertz CT molecular complexity index is 557. The first-order valence-electron chi connectivity index (χ1n) is 5.36. The molecule has 0 amide bonds. The van der Waals surface area contributed by atoms with Gasteiger partial charge in [0.1, 0.15) is 4.21 Å². The normalized spacial score (nSPS) is 26.9. The predicted molar refractivity (Wildman–Crippen MR) is 65.6 cm³/mol. The van der Waals surface area contributed by atoms with E-state index >= 15 is 0 Å². The highest BCUT2D eigenvalue weighted by Crippen LogP contribution is 2.41. The molecule has 0 bridgehead atoms. The maximum absolute atomic E-state index is 11.9. The van der Waals surface area contributed by atoms with Gasteiger partial charge in [0, 0.05) is 24.3 Å². The zero-order valence-electron chi connectivity index (χ0n) is 9.91. The third-order valence-electron chi connectivity index (χ3n) is 2.73. The fourth-order valence-electron chi connectivity index (χ4n) is 2.02. The van der Waals surface area contributed by atoms with Crippen molar-refractivity contribution >= 4 is 21.2 Å². The van der Waals surface area contributed by atoms with E-state index in [2.05, 4.69) is 5.32 Å². The Morgan fingerprint density at radius 3 is 2.67 bits per heavy atom. The van der Waals surface area contributed by atoms with E-state index in [0.717, 1.165) is 23.1 Å². The average molecular weight is 293 g/mol. The van der Waals surface area contributed by atoms with Gasteiger partial charge in [-0.1, -0.05) is 0 Å². The maximum atomic E-state index is 11.9. The largest absolute Gasteiger partial charge is 0.377 e. The highest BCUT2D eigenvalue weighted by atomic mass is 32.2. The zero-order chi connectivity index (χ0) is 13.7. The van der Waals surface area contributed by atoms with E-state index in [9.17, 15) is 23.7 Å². The molecule has 0 fully saturated rings. The Morgan fingerprint density at radius 1 is 1.50 bits per heavy atom. The molecule has 0 saturated carbocycles. The van der Waals surface area contributed by atoms with Crippen LogP contribution in [0.25, 0.3) is 0 Å². The minimum absolute atomic E-state index is 0.0977. The van der Waals surface area contributed by atoms with Crippen LogP contribution in [0.2, 0.25) is 0 Å². The van der Waals surface area contributed by atoms with Crippen LogP contribution in [0.4, 0.5) is 0 Å². The van der Waals surface area contributed by atoms with Crippen molar-refractivity contribution in [1.29, 1.82) is 0 Å². The molecular formula is C10H15NO5S2. The van der Waals surface area contributed by atoms with E-state index in [4.69, 9.17) is 0 Å². The van der Waals surface area contributed by atoms with Crippen LogP contribution in [0, 0.1) is 6.92 Å². The van der Waals surface area contributed by atoms with E-state index < -0.39 is 27.2 Å². The molecule has 8 heteroatoms. The molecule has 0 spiro atoms. The Labute approximate surface area is 109 Å². The van der Waals surface area contributed by atoms with E-state index in [0.29, 0.717) is 5.56 Å². The molecule has 0 saturated heterocycles. The summed E-state index contributed by atoms with van der Waals surface area (Å²) in [6.45, 7) is 2.90. The van der Waals surface area contributed by atoms with Crippen LogP contribution in [0.5, 0.6) is 0 Å². The lowest BCUT2D eigenvalue weighted by atomic mass is 10.1. The summed E-state index contributed by atoms with van der Waals surface area (Å²) in [5, 5.41) is 30.8. The zero-order valence-corrected chi connectivity index (χ0v) is 11.5. The van der Waals surface area contributed by atoms with Gasteiger partial charge in [0.25, 0.3) is 0 Å². The van der Waals surface area contributed by atoms with Crippen molar-refractivity contribution in [2.75, 3.05) is 0 Å². The van der Waals surface area contributed by atoms with E-state index in [1.807, 2.05) is 0 Å². The number of hydrogen-bond donors (Lipinski definition) is 4. The highest BCUT2D eigenvalue weighted by molar-refractivity contribution is 7.94. The summed E-state index contributed by atoms with van der Waals surface area (Å²) in [6.07, 6.45) is -0.109. The first-order chi connectivity index (χ1) is 8.11. The molecule has 6 nitrogen and oxygen atoms in total. The Kier molecular flexibility index (Phi) is 3.29. The van der Waals surface area contributed by atoms with Crippen molar-refractivity contribution in [2.45, 2.75) is 41.9 Å². The SMILES string of the molecule is Cc1cc2c(s1)S(=O)(=O)C(O)CC2NC(C)(O)O. The second-order valence-corrected chi connectivity index (χ2v) is 8.11. The number of aryl methyl sites for hydroxylation is 1. The summed E-state index contributed by atoms with van der Waals surface area (Å²) in [5.74, 6) is -2.13. The number of hydrogen-bond acceptors (Lipinski definition) is 7. The van der Waals surface area contributed by atoms with Crippen molar-refractivity contribution in [3.05, 3.63) is 16.5 Å². The van der Waals surface area contributed by atoms with Crippen molar-refractivity contribution in [1.82, 2.24) is 5.32 Å². The van der Waals surface area contributed by atoms with Crippen LogP contribution in [0.15, 0.2) is 10.3 Å². The second-order valence-electron chi connectivity index (χ2n) is 4.55. The minimum Gasteiger partial charge on any atom is -0.377 e. The number of nitrogens with one attached hydrogen (secondary N) is 1. The summed E-state index contributed by atoms with van der Waals surface area (Å²) >= 11 is 1.08. The van der Waals surface area contributed by atoms with Gasteiger partial charge in [-0.25, -0.2) is 8.42 Å². The van der Waals surface area contributed by atoms with Gasteiger partial charge in [0.05, 0.1) is 0 Å². The lowest BCUT2D eigenvalue weighted by Crippen LogP contribution is -2.47. The molecule has 2 unspecified atom stereocenters. The lowest BCUT2D eigenvalue weighted by molar-refractivity contribution is -0.177. The molecule has 2 rings (SSSR count). The van der Waals surface area contributed by atoms with Crippen LogP contribution in [0.3, 0.4) is 0 Å². The van der Waals surface area contributed by atoms with Gasteiger partial charge in [-0.2, -0.15) is 0 Å². The molecule has 0 aromatic carbocycles. The Hall–Kier alpha value is -0.510. The molecule has 1 aliphatic rings. The molecule has 2 heterocycles. The number of fused-ring (bicyclic) bond motifs is 1. The second kappa shape index (κ2) is 4.26. The topological polar surface area (TPSA) is 107 Å². The number of aliphatic hydroxyl groups is 3. The Morgan fingerprint density at radius 2 is 2.11 bits per heavy atom. The van der Waals surface area contributed by atoms with Gasteiger partial charge in [-0.3, -0.25) is 5.32 Å². The van der Waals surface area contributed by atoms with Crippen molar-refractivity contribution in [2.24, 2.45) is 0 Å². The number of rotatable bonds is 2. The molecule has 0 radical (unpaired) electrons. The van der Waals surface area contributed by atoms with Gasteiger partial charge in [-0.05, 0) is 18.6 Å². The summed E-state index contributed by atoms with van der Waals surface area (Å²) in [5.41, 5.74) is -1.04. The van der Waals surface area contributed by atoms with Crippen LogP contribution in [-0.4, -0.2) is 35.1 Å². The molecule has 4 N–H and O–H groups in total. The fraction of sp³-hybridized carbons (Fsp3) is 0.600. The number of aliphatic hydroxyl groups excluding tert-OH is 1. The van der Waals surface area contributed by atoms with Crippen molar-refractivity contribution in [3.8, 4) is 0 Å². The minimum atomic E-state index is -3.72. The third-order valence-corrected chi connectivity index (χ3v) is 6.19. The standard InChI is InChI=1S/C10H15NO5S2/c1-5-3-6-7(11-10(2,13)14)4-8(12)18(15,16)9(6)17-5/h3,7-8,11-14H,4H2,1-2H3. The first-order valence-corrected chi connectivity index (χ1v) is 7.72. The van der Waals surface area contributed by atoms with Crippen LogP contribution < -0.4 is 5.32 Å². The quantitative estimate of drug-likeness (QED) is 0.565. The smallest absolute Gasteiger partial charge is 0.219 e. The molecule has 0 aliphatic carbocycles. The molecule has 1 aliphatic heterocycles. The summed E-state index contributed by atoms with van der Waals surface area (Å²) in [6, 6.07) is 1.08. The lowest BCUT2D eigenvalue weighted by Gasteiger charge is -2.31. The third kappa shape index (κ3) is 2.44. The van der Waals surface area contributed by atoms with Gasteiger partial charge >= 0.3 is 0 Å². The first kappa shape index (κ1) is 13.9. The predicted octanol–water partition coefficient (Wildman–Crippen LogP) is -0.159. The average Bonchev–Trinajstić information content (AvgIpc) is 2.56. The number of sulfone groups is 1. The van der Waals surface area contributed by atoms with Gasteiger partial charge in [0.15, 0.2) is 5.44 Å².